The zero-order valence-electron chi connectivity index (χ0n) is 15.8. The van der Waals surface area contributed by atoms with E-state index in [1.54, 1.807) is 29.2 Å². The Morgan fingerprint density at radius 1 is 1.19 bits per heavy atom. The Labute approximate surface area is 160 Å². The smallest absolute Gasteiger partial charge is 0.243 e. The number of hydrogen-bond acceptors (Lipinski definition) is 4. The first kappa shape index (κ1) is 19.8. The van der Waals surface area contributed by atoms with Gasteiger partial charge in [-0.05, 0) is 49.9 Å². The summed E-state index contributed by atoms with van der Waals surface area (Å²) in [6, 6.07) is 6.40. The molecule has 8 heteroatoms. The van der Waals surface area contributed by atoms with Crippen molar-refractivity contribution in [3.8, 4) is 0 Å². The standard InChI is InChI=1S/C19H27N3O4S/c1-3-20-19(24)15-12-18(23)22(13-15)16-4-6-17(7-5-16)27(25,26)21-10-8-14(2)9-11-21/h4-7,14-15H,3,8-13H2,1-2H3,(H,20,24)/t15-/m0/s1. The van der Waals surface area contributed by atoms with E-state index in [2.05, 4.69) is 12.2 Å². The third-order valence-electron chi connectivity index (χ3n) is 5.38. The molecule has 0 aliphatic carbocycles. The molecule has 27 heavy (non-hydrogen) atoms. The first-order valence-electron chi connectivity index (χ1n) is 9.51. The third-order valence-corrected chi connectivity index (χ3v) is 7.29. The molecule has 0 unspecified atom stereocenters. The van der Waals surface area contributed by atoms with Crippen molar-refractivity contribution in [2.24, 2.45) is 11.8 Å². The molecule has 2 amide bonds. The summed E-state index contributed by atoms with van der Waals surface area (Å²) in [5.74, 6) is -0.0483. The van der Waals surface area contributed by atoms with E-state index in [4.69, 9.17) is 0 Å². The quantitative estimate of drug-likeness (QED) is 0.823. The van der Waals surface area contributed by atoms with E-state index < -0.39 is 10.0 Å². The molecule has 0 aromatic heterocycles. The zero-order chi connectivity index (χ0) is 19.6. The van der Waals surface area contributed by atoms with Gasteiger partial charge >= 0.3 is 0 Å². The highest BCUT2D eigenvalue weighted by Gasteiger charge is 2.35. The fourth-order valence-corrected chi connectivity index (χ4v) is 5.09. The molecule has 2 saturated heterocycles. The minimum Gasteiger partial charge on any atom is -0.356 e. The fraction of sp³-hybridized carbons (Fsp3) is 0.579. The molecule has 1 atom stereocenters. The maximum absolute atomic E-state index is 12.8. The molecule has 2 aliphatic heterocycles. The second-order valence-corrected chi connectivity index (χ2v) is 9.32. The highest BCUT2D eigenvalue weighted by Crippen LogP contribution is 2.28. The number of piperidine rings is 1. The number of nitrogens with zero attached hydrogens (tertiary/aromatic N) is 2. The van der Waals surface area contributed by atoms with Gasteiger partial charge in [0.1, 0.15) is 0 Å². The summed E-state index contributed by atoms with van der Waals surface area (Å²) in [7, 11) is -3.51. The van der Waals surface area contributed by atoms with Gasteiger partial charge in [0.05, 0.1) is 10.8 Å². The van der Waals surface area contributed by atoms with Gasteiger partial charge in [-0.25, -0.2) is 8.42 Å². The van der Waals surface area contributed by atoms with Crippen molar-refractivity contribution in [3.63, 3.8) is 0 Å². The average Bonchev–Trinajstić information content (AvgIpc) is 3.04. The van der Waals surface area contributed by atoms with Gasteiger partial charge in [0.25, 0.3) is 0 Å². The van der Waals surface area contributed by atoms with Gasteiger partial charge in [-0.1, -0.05) is 6.92 Å². The van der Waals surface area contributed by atoms with Crippen molar-refractivity contribution in [2.75, 3.05) is 31.1 Å². The Morgan fingerprint density at radius 3 is 2.41 bits per heavy atom. The van der Waals surface area contributed by atoms with Crippen LogP contribution in [0.25, 0.3) is 0 Å². The van der Waals surface area contributed by atoms with Crippen LogP contribution in [-0.4, -0.2) is 50.7 Å². The molecule has 1 N–H and O–H groups in total. The first-order chi connectivity index (χ1) is 12.8. The molecular weight excluding hydrogens is 366 g/mol. The van der Waals surface area contributed by atoms with Crippen LogP contribution in [0.5, 0.6) is 0 Å². The molecule has 2 fully saturated rings. The van der Waals surface area contributed by atoms with Gasteiger partial charge in [0, 0.05) is 38.3 Å². The van der Waals surface area contributed by atoms with Gasteiger partial charge in [0.2, 0.25) is 21.8 Å². The van der Waals surface area contributed by atoms with Crippen molar-refractivity contribution in [1.82, 2.24) is 9.62 Å². The minimum absolute atomic E-state index is 0.119. The average molecular weight is 394 g/mol. The molecule has 0 bridgehead atoms. The fourth-order valence-electron chi connectivity index (χ4n) is 3.62. The van der Waals surface area contributed by atoms with E-state index >= 15 is 0 Å². The van der Waals surface area contributed by atoms with Crippen LogP contribution in [0.2, 0.25) is 0 Å². The largest absolute Gasteiger partial charge is 0.356 e. The number of benzene rings is 1. The number of anilines is 1. The Kier molecular flexibility index (Phi) is 5.86. The lowest BCUT2D eigenvalue weighted by Crippen LogP contribution is -2.37. The van der Waals surface area contributed by atoms with Crippen molar-refractivity contribution >= 4 is 27.5 Å². The minimum atomic E-state index is -3.51. The Balaban J connectivity index is 1.72. The molecule has 0 spiro atoms. The molecule has 0 saturated carbocycles. The molecule has 0 radical (unpaired) electrons. The maximum atomic E-state index is 12.8. The van der Waals surface area contributed by atoms with E-state index in [1.165, 1.54) is 4.31 Å². The summed E-state index contributed by atoms with van der Waals surface area (Å²) in [4.78, 5) is 26.0. The first-order valence-corrected chi connectivity index (χ1v) is 10.9. The van der Waals surface area contributed by atoms with Crippen molar-refractivity contribution in [2.45, 2.75) is 38.0 Å². The van der Waals surface area contributed by atoms with Gasteiger partial charge in [-0.3, -0.25) is 9.59 Å². The van der Waals surface area contributed by atoms with Gasteiger partial charge in [-0.2, -0.15) is 4.31 Å². The van der Waals surface area contributed by atoms with Gasteiger partial charge < -0.3 is 10.2 Å². The number of hydrogen-bond donors (Lipinski definition) is 1. The lowest BCUT2D eigenvalue weighted by Gasteiger charge is -2.29. The van der Waals surface area contributed by atoms with Crippen LogP contribution in [0, 0.1) is 11.8 Å². The van der Waals surface area contributed by atoms with Crippen LogP contribution in [0.4, 0.5) is 5.69 Å². The second-order valence-electron chi connectivity index (χ2n) is 7.38. The van der Waals surface area contributed by atoms with E-state index in [-0.39, 0.29) is 29.0 Å². The summed E-state index contributed by atoms with van der Waals surface area (Å²) in [6.45, 7) is 5.93. The molecule has 3 rings (SSSR count). The number of carbonyl (C=O) groups excluding carboxylic acids is 2. The molecule has 1 aromatic carbocycles. The molecule has 7 nitrogen and oxygen atoms in total. The number of sulfonamides is 1. The van der Waals surface area contributed by atoms with Gasteiger partial charge in [0.15, 0.2) is 0 Å². The van der Waals surface area contributed by atoms with E-state index in [0.29, 0.717) is 37.8 Å². The van der Waals surface area contributed by atoms with Crippen LogP contribution in [0.3, 0.4) is 0 Å². The van der Waals surface area contributed by atoms with E-state index in [1.807, 2.05) is 6.92 Å². The number of nitrogens with one attached hydrogen (secondary N) is 1. The third kappa shape index (κ3) is 4.16. The summed E-state index contributed by atoms with van der Waals surface area (Å²) >= 11 is 0. The number of rotatable bonds is 5. The normalized spacial score (nSPS) is 22.2. The summed E-state index contributed by atoms with van der Waals surface area (Å²) in [5.41, 5.74) is 0.623. The van der Waals surface area contributed by atoms with Crippen LogP contribution in [0.1, 0.15) is 33.1 Å². The lowest BCUT2D eigenvalue weighted by atomic mass is 10.0. The van der Waals surface area contributed by atoms with Crippen LogP contribution in [-0.2, 0) is 19.6 Å². The van der Waals surface area contributed by atoms with Gasteiger partial charge in [-0.15, -0.1) is 0 Å². The lowest BCUT2D eigenvalue weighted by molar-refractivity contribution is -0.126. The van der Waals surface area contributed by atoms with Crippen LogP contribution in [0.15, 0.2) is 29.2 Å². The number of amides is 2. The molecular formula is C19H27N3O4S. The SMILES string of the molecule is CCNC(=O)[C@H]1CC(=O)N(c2ccc(S(=O)(=O)N3CCC(C)CC3)cc2)C1. The summed E-state index contributed by atoms with van der Waals surface area (Å²) in [6.07, 6.45) is 1.93. The van der Waals surface area contributed by atoms with Crippen molar-refractivity contribution in [3.05, 3.63) is 24.3 Å². The highest BCUT2D eigenvalue weighted by molar-refractivity contribution is 7.89. The molecule has 2 heterocycles. The summed E-state index contributed by atoms with van der Waals surface area (Å²) in [5, 5.41) is 2.75. The summed E-state index contributed by atoms with van der Waals surface area (Å²) < 4.78 is 27.1. The predicted molar refractivity (Wildman–Crippen MR) is 103 cm³/mol. The highest BCUT2D eigenvalue weighted by atomic mass is 32.2. The van der Waals surface area contributed by atoms with Crippen molar-refractivity contribution in [1.29, 1.82) is 0 Å². The Hall–Kier alpha value is -1.93. The molecule has 2 aliphatic rings. The Bertz CT molecular complexity index is 799. The maximum Gasteiger partial charge on any atom is 0.243 e. The topological polar surface area (TPSA) is 86.8 Å². The predicted octanol–water partition coefficient (Wildman–Crippen LogP) is 1.60. The molecule has 148 valence electrons. The Morgan fingerprint density at radius 2 is 1.81 bits per heavy atom. The monoisotopic (exact) mass is 393 g/mol. The number of carbonyl (C=O) groups is 2. The van der Waals surface area contributed by atoms with E-state index in [0.717, 1.165) is 12.8 Å². The second kappa shape index (κ2) is 7.98. The van der Waals surface area contributed by atoms with Crippen LogP contribution < -0.4 is 10.2 Å². The zero-order valence-corrected chi connectivity index (χ0v) is 16.7. The molecule has 1 aromatic rings. The van der Waals surface area contributed by atoms with E-state index in [9.17, 15) is 18.0 Å². The van der Waals surface area contributed by atoms with Crippen molar-refractivity contribution < 1.29 is 18.0 Å². The van der Waals surface area contributed by atoms with Crippen LogP contribution >= 0.6 is 0 Å².